The first-order valence-corrected chi connectivity index (χ1v) is 14.2. The largest absolute Gasteiger partial charge is 0.489 e. The summed E-state index contributed by atoms with van der Waals surface area (Å²) in [6, 6.07) is 41.0. The fourth-order valence-corrected chi connectivity index (χ4v) is 4.80. The van der Waals surface area contributed by atoms with Gasteiger partial charge < -0.3 is 14.2 Å². The zero-order valence-corrected chi connectivity index (χ0v) is 23.8. The number of rotatable bonds is 11. The van der Waals surface area contributed by atoms with Crippen LogP contribution in [0.25, 0.3) is 0 Å². The lowest BCUT2D eigenvalue weighted by molar-refractivity contribution is 0.00971. The highest BCUT2D eigenvalue weighted by Crippen LogP contribution is 2.38. The van der Waals surface area contributed by atoms with Crippen molar-refractivity contribution in [3.05, 3.63) is 186 Å². The lowest BCUT2D eigenvalue weighted by atomic mass is 9.89. The number of pyridine rings is 3. The first kappa shape index (κ1) is 28.3. The monoisotopic (exact) mass is 579 g/mol. The van der Waals surface area contributed by atoms with E-state index in [9.17, 15) is 4.79 Å². The summed E-state index contributed by atoms with van der Waals surface area (Å²) < 4.78 is 18.8. The number of aromatic nitrogens is 3. The maximum Gasteiger partial charge on any atom is 0.340 e. The second-order valence-corrected chi connectivity index (χ2v) is 9.96. The van der Waals surface area contributed by atoms with Crippen molar-refractivity contribution in [1.82, 2.24) is 15.0 Å². The molecule has 0 spiro atoms. The number of esters is 1. The highest BCUT2D eigenvalue weighted by molar-refractivity contribution is 5.91. The second kappa shape index (κ2) is 13.4. The van der Waals surface area contributed by atoms with Crippen LogP contribution < -0.4 is 9.47 Å². The van der Waals surface area contributed by atoms with Crippen molar-refractivity contribution in [1.29, 1.82) is 0 Å². The van der Waals surface area contributed by atoms with Gasteiger partial charge in [-0.15, -0.1) is 0 Å². The van der Waals surface area contributed by atoms with Crippen LogP contribution in [0.1, 0.15) is 38.6 Å². The van der Waals surface area contributed by atoms with E-state index in [1.54, 1.807) is 73.2 Å². The number of nitrogens with zero attached hydrogens (tertiary/aromatic N) is 3. The minimum atomic E-state index is -1.53. The molecule has 0 aliphatic rings. The number of hydrogen-bond donors (Lipinski definition) is 0. The summed E-state index contributed by atoms with van der Waals surface area (Å²) in [5, 5.41) is 0. The van der Waals surface area contributed by atoms with Gasteiger partial charge in [0, 0.05) is 24.7 Å². The molecule has 216 valence electrons. The number of benzene rings is 3. The average Bonchev–Trinajstić information content (AvgIpc) is 3.11. The summed E-state index contributed by atoms with van der Waals surface area (Å²) in [7, 11) is 0. The molecule has 0 fully saturated rings. The van der Waals surface area contributed by atoms with Gasteiger partial charge in [0.05, 0.1) is 22.6 Å². The van der Waals surface area contributed by atoms with Gasteiger partial charge >= 0.3 is 5.97 Å². The molecule has 0 aliphatic heterocycles. The lowest BCUT2D eigenvalue weighted by Crippen LogP contribution is -2.38. The van der Waals surface area contributed by atoms with Gasteiger partial charge in [-0.1, -0.05) is 78.9 Å². The minimum absolute atomic E-state index is 0.241. The van der Waals surface area contributed by atoms with E-state index in [1.165, 1.54) is 0 Å². The summed E-state index contributed by atoms with van der Waals surface area (Å²) in [4.78, 5) is 28.0. The van der Waals surface area contributed by atoms with E-state index in [0.29, 0.717) is 41.8 Å². The molecule has 3 aromatic carbocycles. The van der Waals surface area contributed by atoms with Gasteiger partial charge in [-0.3, -0.25) is 15.0 Å². The van der Waals surface area contributed by atoms with Gasteiger partial charge in [-0.05, 0) is 59.7 Å². The van der Waals surface area contributed by atoms with Crippen LogP contribution in [0.5, 0.6) is 11.5 Å². The van der Waals surface area contributed by atoms with E-state index in [4.69, 9.17) is 14.2 Å². The molecule has 0 unspecified atom stereocenters. The van der Waals surface area contributed by atoms with Gasteiger partial charge in [0.2, 0.25) is 5.60 Å². The molecule has 0 aliphatic carbocycles. The van der Waals surface area contributed by atoms with E-state index in [0.717, 1.165) is 11.1 Å². The zero-order chi connectivity index (χ0) is 30.0. The molecular formula is C37H29N3O4. The van der Waals surface area contributed by atoms with Crippen LogP contribution in [0.4, 0.5) is 0 Å². The highest BCUT2D eigenvalue weighted by Gasteiger charge is 2.45. The molecule has 3 heterocycles. The first-order chi connectivity index (χ1) is 21.7. The molecule has 0 radical (unpaired) electrons. The van der Waals surface area contributed by atoms with Gasteiger partial charge in [-0.25, -0.2) is 4.79 Å². The van der Waals surface area contributed by atoms with E-state index >= 15 is 0 Å². The molecule has 0 saturated carbocycles. The Labute approximate surface area is 255 Å². The summed E-state index contributed by atoms with van der Waals surface area (Å²) in [5.41, 5.74) is 2.07. The maximum atomic E-state index is 14.2. The van der Waals surface area contributed by atoms with E-state index in [-0.39, 0.29) is 5.56 Å². The van der Waals surface area contributed by atoms with Crippen molar-refractivity contribution in [2.24, 2.45) is 0 Å². The molecule has 0 atom stereocenters. The molecule has 44 heavy (non-hydrogen) atoms. The molecule has 6 rings (SSSR count). The van der Waals surface area contributed by atoms with Crippen molar-refractivity contribution in [3.8, 4) is 11.5 Å². The molecule has 0 saturated heterocycles. The third-order valence-corrected chi connectivity index (χ3v) is 6.93. The minimum Gasteiger partial charge on any atom is -0.489 e. The average molecular weight is 580 g/mol. The third kappa shape index (κ3) is 6.47. The molecule has 7 nitrogen and oxygen atoms in total. The number of hydrogen-bond acceptors (Lipinski definition) is 7. The quantitative estimate of drug-likeness (QED) is 0.150. The Balaban J connectivity index is 1.40. The molecule has 0 bridgehead atoms. The molecule has 7 heteroatoms. The molecule has 0 amide bonds. The zero-order valence-electron chi connectivity index (χ0n) is 23.8. The second-order valence-electron chi connectivity index (χ2n) is 9.96. The Morgan fingerprint density at radius 2 is 0.932 bits per heavy atom. The van der Waals surface area contributed by atoms with Crippen LogP contribution in [0.15, 0.2) is 152 Å². The van der Waals surface area contributed by atoms with E-state index in [1.807, 2.05) is 78.9 Å². The van der Waals surface area contributed by atoms with Crippen LogP contribution in [-0.4, -0.2) is 20.9 Å². The summed E-state index contributed by atoms with van der Waals surface area (Å²) in [5.74, 6) is 0.303. The normalized spacial score (nSPS) is 11.0. The highest BCUT2D eigenvalue weighted by atomic mass is 16.6. The van der Waals surface area contributed by atoms with Crippen LogP contribution in [-0.2, 0) is 23.6 Å². The molecule has 6 aromatic rings. The molecular weight excluding hydrogens is 550 g/mol. The smallest absolute Gasteiger partial charge is 0.340 e. The third-order valence-electron chi connectivity index (χ3n) is 6.93. The standard InChI is InChI=1S/C37H29N3O4/c41-36(44-37(33-17-7-10-20-38-33,34-18-8-11-21-39-34)35-19-9-12-22-40-35)30-23-31(42-26-28-13-3-1-4-14-28)25-32(24-30)43-27-29-15-5-2-6-16-29/h1-25H,26-27H2. The Morgan fingerprint density at radius 3 is 1.32 bits per heavy atom. The SMILES string of the molecule is O=C(OC(c1ccccn1)(c1ccccn1)c1ccccn1)c1cc(OCc2ccccc2)cc(OCc2ccccc2)c1. The summed E-state index contributed by atoms with van der Waals surface area (Å²) in [6.07, 6.45) is 4.95. The lowest BCUT2D eigenvalue weighted by Gasteiger charge is -2.32. The number of ether oxygens (including phenoxy) is 3. The maximum absolute atomic E-state index is 14.2. The number of carbonyl (C=O) groups excluding carboxylic acids is 1. The van der Waals surface area contributed by atoms with Crippen LogP contribution in [0, 0.1) is 0 Å². The fourth-order valence-electron chi connectivity index (χ4n) is 4.80. The topological polar surface area (TPSA) is 83.4 Å². The fraction of sp³-hybridized carbons (Fsp3) is 0.0811. The van der Waals surface area contributed by atoms with Gasteiger partial charge in [0.1, 0.15) is 24.7 Å². The Bertz CT molecular complexity index is 1630. The van der Waals surface area contributed by atoms with Gasteiger partial charge in [0.25, 0.3) is 0 Å². The van der Waals surface area contributed by atoms with E-state index in [2.05, 4.69) is 15.0 Å². The number of carbonyl (C=O) groups is 1. The predicted octanol–water partition coefficient (Wildman–Crippen LogP) is 7.18. The van der Waals surface area contributed by atoms with Gasteiger partial charge in [0.15, 0.2) is 0 Å². The molecule has 3 aromatic heterocycles. The molecule has 0 N–H and O–H groups in total. The Kier molecular flexibility index (Phi) is 8.65. The first-order valence-electron chi connectivity index (χ1n) is 14.2. The van der Waals surface area contributed by atoms with Crippen molar-refractivity contribution in [2.45, 2.75) is 18.8 Å². The Hall–Kier alpha value is -5.82. The van der Waals surface area contributed by atoms with Crippen molar-refractivity contribution in [2.75, 3.05) is 0 Å². The van der Waals surface area contributed by atoms with Crippen molar-refractivity contribution < 1.29 is 19.0 Å². The predicted molar refractivity (Wildman–Crippen MR) is 166 cm³/mol. The Morgan fingerprint density at radius 1 is 0.523 bits per heavy atom. The summed E-state index contributed by atoms with van der Waals surface area (Å²) >= 11 is 0. The van der Waals surface area contributed by atoms with Crippen LogP contribution in [0.2, 0.25) is 0 Å². The summed E-state index contributed by atoms with van der Waals surface area (Å²) in [6.45, 7) is 0.633. The van der Waals surface area contributed by atoms with Crippen molar-refractivity contribution >= 4 is 5.97 Å². The van der Waals surface area contributed by atoms with Crippen molar-refractivity contribution in [3.63, 3.8) is 0 Å². The van der Waals surface area contributed by atoms with Crippen LogP contribution in [0.3, 0.4) is 0 Å². The van der Waals surface area contributed by atoms with Gasteiger partial charge in [-0.2, -0.15) is 0 Å². The van der Waals surface area contributed by atoms with E-state index < -0.39 is 11.6 Å². The van der Waals surface area contributed by atoms with Crippen LogP contribution >= 0.6 is 0 Å².